The molecule has 0 radical (unpaired) electrons. The van der Waals surface area contributed by atoms with Crippen LogP contribution >= 0.6 is 0 Å². The van der Waals surface area contributed by atoms with Crippen molar-refractivity contribution < 1.29 is 4.21 Å². The molecule has 1 aliphatic heterocycles. The van der Waals surface area contributed by atoms with E-state index in [1.807, 2.05) is 25.1 Å². The van der Waals surface area contributed by atoms with E-state index in [0.29, 0.717) is 6.04 Å². The molecule has 1 aromatic heterocycles. The predicted octanol–water partition coefficient (Wildman–Crippen LogP) is 1.39. The maximum Gasteiger partial charge on any atom is 0.0544 e. The Morgan fingerprint density at radius 2 is 2.19 bits per heavy atom. The van der Waals surface area contributed by atoms with Crippen molar-refractivity contribution in [1.29, 1.82) is 0 Å². The van der Waals surface area contributed by atoms with Crippen molar-refractivity contribution in [2.75, 3.05) is 11.5 Å². The molecule has 0 amide bonds. The molecule has 2 rings (SSSR count). The molecule has 1 aliphatic rings. The standard InChI is InChI=1S/C12H18N2OS/c1-10-3-2-4-12(14-10)9-13-11-5-7-16(15)8-6-11/h2-4,11,13H,5-9H2,1H3. The van der Waals surface area contributed by atoms with E-state index in [9.17, 15) is 4.21 Å². The van der Waals surface area contributed by atoms with Gasteiger partial charge in [0, 0.05) is 40.6 Å². The van der Waals surface area contributed by atoms with Crippen LogP contribution in [0, 0.1) is 6.92 Å². The molecule has 0 bridgehead atoms. The molecule has 0 aliphatic carbocycles. The monoisotopic (exact) mass is 238 g/mol. The van der Waals surface area contributed by atoms with Crippen molar-refractivity contribution in [3.8, 4) is 0 Å². The van der Waals surface area contributed by atoms with E-state index >= 15 is 0 Å². The third-order valence-electron chi connectivity index (χ3n) is 2.91. The number of nitrogens with one attached hydrogen (secondary N) is 1. The maximum atomic E-state index is 11.2. The molecule has 0 unspecified atom stereocenters. The molecule has 0 aromatic carbocycles. The minimum Gasteiger partial charge on any atom is -0.308 e. The molecule has 16 heavy (non-hydrogen) atoms. The summed E-state index contributed by atoms with van der Waals surface area (Å²) in [4.78, 5) is 4.45. The highest BCUT2D eigenvalue weighted by Crippen LogP contribution is 2.09. The van der Waals surface area contributed by atoms with Crippen molar-refractivity contribution in [3.63, 3.8) is 0 Å². The van der Waals surface area contributed by atoms with Crippen LogP contribution in [0.4, 0.5) is 0 Å². The second-order valence-electron chi connectivity index (χ2n) is 4.27. The van der Waals surface area contributed by atoms with E-state index in [-0.39, 0.29) is 0 Å². The van der Waals surface area contributed by atoms with Gasteiger partial charge < -0.3 is 5.32 Å². The lowest BCUT2D eigenvalue weighted by Crippen LogP contribution is -2.35. The first-order chi connectivity index (χ1) is 7.74. The fourth-order valence-corrected chi connectivity index (χ4v) is 3.24. The quantitative estimate of drug-likeness (QED) is 0.865. The predicted molar refractivity (Wildman–Crippen MR) is 66.7 cm³/mol. The normalized spacial score (nSPS) is 25.6. The minimum atomic E-state index is -0.568. The smallest absolute Gasteiger partial charge is 0.0544 e. The highest BCUT2D eigenvalue weighted by Gasteiger charge is 2.16. The Bertz CT molecular complexity index is 371. The third kappa shape index (κ3) is 3.39. The fourth-order valence-electron chi connectivity index (χ4n) is 1.94. The van der Waals surface area contributed by atoms with Crippen LogP contribution < -0.4 is 5.32 Å². The lowest BCUT2D eigenvalue weighted by molar-refractivity contribution is 0.472. The van der Waals surface area contributed by atoms with Gasteiger partial charge in [0.25, 0.3) is 0 Å². The first-order valence-electron chi connectivity index (χ1n) is 5.75. The highest BCUT2D eigenvalue weighted by molar-refractivity contribution is 7.85. The van der Waals surface area contributed by atoms with Gasteiger partial charge in [0.1, 0.15) is 0 Å². The number of nitrogens with zero attached hydrogens (tertiary/aromatic N) is 1. The minimum absolute atomic E-state index is 0.514. The zero-order chi connectivity index (χ0) is 11.4. The van der Waals surface area contributed by atoms with Crippen LogP contribution in [0.2, 0.25) is 0 Å². The first kappa shape index (κ1) is 11.7. The molecule has 0 saturated carbocycles. The summed E-state index contributed by atoms with van der Waals surface area (Å²) in [6, 6.07) is 6.60. The molecule has 1 N–H and O–H groups in total. The topological polar surface area (TPSA) is 42.0 Å². The highest BCUT2D eigenvalue weighted by atomic mass is 32.2. The van der Waals surface area contributed by atoms with Gasteiger partial charge in [-0.1, -0.05) is 6.07 Å². The van der Waals surface area contributed by atoms with Gasteiger partial charge in [-0.2, -0.15) is 0 Å². The molecule has 0 spiro atoms. The molecular formula is C12H18N2OS. The van der Waals surface area contributed by atoms with Gasteiger partial charge in [0.05, 0.1) is 5.69 Å². The zero-order valence-electron chi connectivity index (χ0n) is 9.61. The number of hydrogen-bond acceptors (Lipinski definition) is 3. The van der Waals surface area contributed by atoms with Crippen LogP contribution in [0.25, 0.3) is 0 Å². The van der Waals surface area contributed by atoms with E-state index in [4.69, 9.17) is 0 Å². The molecule has 4 heteroatoms. The summed E-state index contributed by atoms with van der Waals surface area (Å²) in [5.74, 6) is 1.69. The van der Waals surface area contributed by atoms with E-state index in [1.165, 1.54) is 0 Å². The second kappa shape index (κ2) is 5.55. The Morgan fingerprint density at radius 1 is 1.44 bits per heavy atom. The Hall–Kier alpha value is -0.740. The zero-order valence-corrected chi connectivity index (χ0v) is 10.4. The Morgan fingerprint density at radius 3 is 2.88 bits per heavy atom. The number of aryl methyl sites for hydroxylation is 1. The number of aromatic nitrogens is 1. The van der Waals surface area contributed by atoms with E-state index in [2.05, 4.69) is 10.3 Å². The van der Waals surface area contributed by atoms with Crippen LogP contribution in [0.3, 0.4) is 0 Å². The molecule has 3 nitrogen and oxygen atoms in total. The van der Waals surface area contributed by atoms with Gasteiger partial charge in [-0.05, 0) is 31.9 Å². The summed E-state index contributed by atoms with van der Waals surface area (Å²) in [6.07, 6.45) is 2.05. The van der Waals surface area contributed by atoms with E-state index in [0.717, 1.165) is 42.3 Å². The molecule has 1 saturated heterocycles. The number of hydrogen-bond donors (Lipinski definition) is 1. The second-order valence-corrected chi connectivity index (χ2v) is 5.97. The Labute approximate surface area is 99.1 Å². The summed E-state index contributed by atoms with van der Waals surface area (Å²) in [5.41, 5.74) is 2.15. The summed E-state index contributed by atoms with van der Waals surface area (Å²) in [7, 11) is -0.568. The van der Waals surface area contributed by atoms with Crippen LogP contribution in [0.5, 0.6) is 0 Å². The fraction of sp³-hybridized carbons (Fsp3) is 0.583. The molecular weight excluding hydrogens is 220 g/mol. The SMILES string of the molecule is Cc1cccc(CNC2CCS(=O)CC2)n1. The van der Waals surface area contributed by atoms with Crippen LogP contribution in [0.1, 0.15) is 24.2 Å². The molecule has 88 valence electrons. The van der Waals surface area contributed by atoms with Crippen molar-refractivity contribution in [1.82, 2.24) is 10.3 Å². The molecule has 0 atom stereocenters. The van der Waals surface area contributed by atoms with Crippen LogP contribution in [-0.2, 0) is 17.3 Å². The van der Waals surface area contributed by atoms with Gasteiger partial charge in [-0.25, -0.2) is 0 Å². The summed E-state index contributed by atoms with van der Waals surface area (Å²) in [5, 5.41) is 3.49. The molecule has 1 aromatic rings. The van der Waals surface area contributed by atoms with Crippen LogP contribution in [0.15, 0.2) is 18.2 Å². The van der Waals surface area contributed by atoms with Gasteiger partial charge in [0.15, 0.2) is 0 Å². The lowest BCUT2D eigenvalue weighted by atomic mass is 10.1. The van der Waals surface area contributed by atoms with E-state index < -0.39 is 10.8 Å². The molecule has 2 heterocycles. The molecule has 1 fully saturated rings. The first-order valence-corrected chi connectivity index (χ1v) is 7.24. The summed E-state index contributed by atoms with van der Waals surface area (Å²) in [6.45, 7) is 2.83. The average Bonchev–Trinajstić information content (AvgIpc) is 2.28. The van der Waals surface area contributed by atoms with Crippen molar-refractivity contribution in [3.05, 3.63) is 29.6 Å². The summed E-state index contributed by atoms with van der Waals surface area (Å²) < 4.78 is 11.2. The van der Waals surface area contributed by atoms with Gasteiger partial charge >= 0.3 is 0 Å². The van der Waals surface area contributed by atoms with Crippen LogP contribution in [-0.4, -0.2) is 26.7 Å². The van der Waals surface area contributed by atoms with Gasteiger partial charge in [-0.3, -0.25) is 9.19 Å². The van der Waals surface area contributed by atoms with Gasteiger partial charge in [0.2, 0.25) is 0 Å². The Kier molecular flexibility index (Phi) is 4.07. The lowest BCUT2D eigenvalue weighted by Gasteiger charge is -2.22. The Balaban J connectivity index is 1.81. The number of pyridine rings is 1. The average molecular weight is 238 g/mol. The van der Waals surface area contributed by atoms with Crippen molar-refractivity contribution >= 4 is 10.8 Å². The third-order valence-corrected chi connectivity index (χ3v) is 4.29. The maximum absolute atomic E-state index is 11.2. The van der Waals surface area contributed by atoms with Gasteiger partial charge in [-0.15, -0.1) is 0 Å². The largest absolute Gasteiger partial charge is 0.308 e. The summed E-state index contributed by atoms with van der Waals surface area (Å²) >= 11 is 0. The van der Waals surface area contributed by atoms with E-state index in [1.54, 1.807) is 0 Å². The number of rotatable bonds is 3. The van der Waals surface area contributed by atoms with Crippen molar-refractivity contribution in [2.24, 2.45) is 0 Å². The van der Waals surface area contributed by atoms with Crippen molar-refractivity contribution in [2.45, 2.75) is 32.4 Å².